The van der Waals surface area contributed by atoms with E-state index in [9.17, 15) is 9.18 Å². The van der Waals surface area contributed by atoms with Crippen molar-refractivity contribution in [2.24, 2.45) is 0 Å². The Balaban J connectivity index is 1.92. The summed E-state index contributed by atoms with van der Waals surface area (Å²) in [6.45, 7) is 0.237. The Labute approximate surface area is 129 Å². The van der Waals surface area contributed by atoms with Crippen molar-refractivity contribution >= 4 is 18.1 Å². The van der Waals surface area contributed by atoms with Crippen LogP contribution in [0.15, 0.2) is 71.8 Å². The van der Waals surface area contributed by atoms with Gasteiger partial charge in [0.05, 0.1) is 5.57 Å². The van der Waals surface area contributed by atoms with Crippen molar-refractivity contribution in [2.75, 3.05) is 6.54 Å². The zero-order chi connectivity index (χ0) is 15.4. The van der Waals surface area contributed by atoms with Crippen LogP contribution in [-0.4, -0.2) is 18.6 Å². The molecule has 1 amide bonds. The summed E-state index contributed by atoms with van der Waals surface area (Å²) in [6, 6.07) is 18.9. The Morgan fingerprint density at radius 2 is 1.45 bits per heavy atom. The third-order valence-corrected chi connectivity index (χ3v) is 3.59. The van der Waals surface area contributed by atoms with Gasteiger partial charge in [-0.1, -0.05) is 66.7 Å². The zero-order valence-corrected chi connectivity index (χ0v) is 12.0. The third-order valence-electron chi connectivity index (χ3n) is 3.59. The number of carbonyl (C=O) groups excluding carboxylic acids is 1. The second-order valence-electron chi connectivity index (χ2n) is 5.19. The SMILES string of the molecule is O=C1NCC(=Cc2ccccc2)C(F)C1=Cc1ccccc1. The lowest BCUT2D eigenvalue weighted by molar-refractivity contribution is -0.118. The molecule has 0 bridgehead atoms. The van der Waals surface area contributed by atoms with Gasteiger partial charge in [0.2, 0.25) is 0 Å². The van der Waals surface area contributed by atoms with Crippen LogP contribution in [0.4, 0.5) is 4.39 Å². The number of benzene rings is 2. The van der Waals surface area contributed by atoms with E-state index >= 15 is 0 Å². The highest BCUT2D eigenvalue weighted by molar-refractivity contribution is 6.01. The third kappa shape index (κ3) is 3.14. The molecular formula is C19H16FNO. The molecule has 0 spiro atoms. The molecule has 0 aliphatic carbocycles. The molecule has 1 fully saturated rings. The molecule has 0 saturated carbocycles. The lowest BCUT2D eigenvalue weighted by Crippen LogP contribution is -2.38. The molecule has 1 aliphatic rings. The number of halogens is 1. The molecule has 1 saturated heterocycles. The Bertz CT molecular complexity index is 720. The lowest BCUT2D eigenvalue weighted by atomic mass is 9.94. The molecule has 1 aliphatic heterocycles. The molecule has 1 N–H and O–H groups in total. The van der Waals surface area contributed by atoms with Crippen LogP contribution in [0, 0.1) is 0 Å². The van der Waals surface area contributed by atoms with Crippen LogP contribution in [0.2, 0.25) is 0 Å². The molecule has 3 rings (SSSR count). The fourth-order valence-corrected chi connectivity index (χ4v) is 2.44. The van der Waals surface area contributed by atoms with E-state index in [4.69, 9.17) is 0 Å². The molecule has 1 unspecified atom stereocenters. The summed E-state index contributed by atoms with van der Waals surface area (Å²) in [6.07, 6.45) is 2.02. The first-order chi connectivity index (χ1) is 10.7. The summed E-state index contributed by atoms with van der Waals surface area (Å²) in [7, 11) is 0. The van der Waals surface area contributed by atoms with E-state index < -0.39 is 6.17 Å². The second kappa shape index (κ2) is 6.39. The fourth-order valence-electron chi connectivity index (χ4n) is 2.44. The van der Waals surface area contributed by atoms with Crippen molar-refractivity contribution in [3.63, 3.8) is 0 Å². The smallest absolute Gasteiger partial charge is 0.250 e. The normalized spacial score (nSPS) is 21.9. The van der Waals surface area contributed by atoms with Gasteiger partial charge in [-0.15, -0.1) is 0 Å². The minimum absolute atomic E-state index is 0.152. The number of piperidine rings is 1. The Kier molecular flexibility index (Phi) is 4.15. The molecule has 3 heteroatoms. The molecule has 0 aromatic heterocycles. The van der Waals surface area contributed by atoms with Gasteiger partial charge in [0, 0.05) is 6.54 Å². The monoisotopic (exact) mass is 293 g/mol. The van der Waals surface area contributed by atoms with E-state index in [0.29, 0.717) is 5.57 Å². The molecule has 0 radical (unpaired) electrons. The largest absolute Gasteiger partial charge is 0.348 e. The maximum Gasteiger partial charge on any atom is 0.250 e. The zero-order valence-electron chi connectivity index (χ0n) is 12.0. The van der Waals surface area contributed by atoms with Crippen LogP contribution in [0.1, 0.15) is 11.1 Å². The highest BCUT2D eigenvalue weighted by Gasteiger charge is 2.29. The van der Waals surface area contributed by atoms with Gasteiger partial charge in [-0.3, -0.25) is 4.79 Å². The van der Waals surface area contributed by atoms with E-state index in [1.165, 1.54) is 0 Å². The van der Waals surface area contributed by atoms with Crippen molar-refractivity contribution in [3.8, 4) is 0 Å². The second-order valence-corrected chi connectivity index (χ2v) is 5.19. The topological polar surface area (TPSA) is 29.1 Å². The summed E-state index contributed by atoms with van der Waals surface area (Å²) in [4.78, 5) is 12.0. The summed E-state index contributed by atoms with van der Waals surface area (Å²) in [5.41, 5.74) is 2.46. The van der Waals surface area contributed by atoms with Gasteiger partial charge >= 0.3 is 0 Å². The summed E-state index contributed by atoms with van der Waals surface area (Å²) < 4.78 is 14.7. The first kappa shape index (κ1) is 14.3. The lowest BCUT2D eigenvalue weighted by Gasteiger charge is -2.23. The minimum atomic E-state index is -1.38. The van der Waals surface area contributed by atoms with E-state index in [0.717, 1.165) is 11.1 Å². The first-order valence-corrected chi connectivity index (χ1v) is 7.18. The summed E-state index contributed by atoms with van der Waals surface area (Å²) in [5, 5.41) is 2.74. The van der Waals surface area contributed by atoms with Crippen molar-refractivity contribution in [1.29, 1.82) is 0 Å². The van der Waals surface area contributed by atoms with Gasteiger partial charge in [-0.05, 0) is 22.8 Å². The van der Waals surface area contributed by atoms with Gasteiger partial charge in [0.1, 0.15) is 0 Å². The van der Waals surface area contributed by atoms with E-state index in [1.807, 2.05) is 60.7 Å². The quantitative estimate of drug-likeness (QED) is 0.842. The molecule has 1 heterocycles. The van der Waals surface area contributed by atoms with Crippen molar-refractivity contribution < 1.29 is 9.18 Å². The number of nitrogens with one attached hydrogen (secondary N) is 1. The first-order valence-electron chi connectivity index (χ1n) is 7.18. The molecule has 2 aromatic carbocycles. The highest BCUT2D eigenvalue weighted by Crippen LogP contribution is 2.24. The Morgan fingerprint density at radius 1 is 0.909 bits per heavy atom. The fraction of sp³-hybridized carbons (Fsp3) is 0.105. The number of hydrogen-bond acceptors (Lipinski definition) is 1. The standard InChI is InChI=1S/C19H16FNO/c20-18-16(11-14-7-3-1-4-8-14)13-21-19(22)17(18)12-15-9-5-2-6-10-15/h1-12,18H,13H2,(H,21,22). The molecular weight excluding hydrogens is 277 g/mol. The van der Waals surface area contributed by atoms with Crippen molar-refractivity contribution in [2.45, 2.75) is 6.17 Å². The van der Waals surface area contributed by atoms with Crippen LogP contribution in [-0.2, 0) is 4.79 Å². The molecule has 1 atom stereocenters. The van der Waals surface area contributed by atoms with Crippen molar-refractivity contribution in [1.82, 2.24) is 5.32 Å². The summed E-state index contributed by atoms with van der Waals surface area (Å²) in [5.74, 6) is -0.346. The van der Waals surface area contributed by atoms with Gasteiger partial charge < -0.3 is 5.32 Å². The number of alkyl halides is 1. The van der Waals surface area contributed by atoms with Crippen LogP contribution in [0.3, 0.4) is 0 Å². The summed E-state index contributed by atoms with van der Waals surface area (Å²) >= 11 is 0. The predicted molar refractivity (Wildman–Crippen MR) is 86.7 cm³/mol. The number of rotatable bonds is 2. The van der Waals surface area contributed by atoms with E-state index in [-0.39, 0.29) is 18.0 Å². The van der Waals surface area contributed by atoms with E-state index in [2.05, 4.69) is 5.32 Å². The van der Waals surface area contributed by atoms with Gasteiger partial charge in [0.15, 0.2) is 6.17 Å². The minimum Gasteiger partial charge on any atom is -0.348 e. The molecule has 22 heavy (non-hydrogen) atoms. The Hall–Kier alpha value is -2.68. The molecule has 2 aromatic rings. The van der Waals surface area contributed by atoms with Crippen molar-refractivity contribution in [3.05, 3.63) is 82.9 Å². The average Bonchev–Trinajstić information content (AvgIpc) is 2.56. The molecule has 2 nitrogen and oxygen atoms in total. The van der Waals surface area contributed by atoms with Gasteiger partial charge in [0.25, 0.3) is 5.91 Å². The maximum absolute atomic E-state index is 14.7. The maximum atomic E-state index is 14.7. The molecule has 110 valence electrons. The van der Waals surface area contributed by atoms with Crippen LogP contribution < -0.4 is 5.32 Å². The van der Waals surface area contributed by atoms with Crippen LogP contribution >= 0.6 is 0 Å². The highest BCUT2D eigenvalue weighted by atomic mass is 19.1. The number of hydrogen-bond donors (Lipinski definition) is 1. The number of carbonyl (C=O) groups is 1. The number of amides is 1. The average molecular weight is 293 g/mol. The Morgan fingerprint density at radius 3 is 2.05 bits per heavy atom. The van der Waals surface area contributed by atoms with Gasteiger partial charge in [-0.25, -0.2) is 4.39 Å². The van der Waals surface area contributed by atoms with E-state index in [1.54, 1.807) is 12.2 Å². The van der Waals surface area contributed by atoms with Crippen LogP contribution in [0.25, 0.3) is 12.2 Å². The van der Waals surface area contributed by atoms with Crippen LogP contribution in [0.5, 0.6) is 0 Å². The van der Waals surface area contributed by atoms with Gasteiger partial charge in [-0.2, -0.15) is 0 Å². The predicted octanol–water partition coefficient (Wildman–Crippen LogP) is 3.62.